The van der Waals surface area contributed by atoms with Crippen LogP contribution in [0.25, 0.3) is 5.76 Å². The molecule has 0 unspecified atom stereocenters. The Hall–Kier alpha value is -3.48. The zero-order chi connectivity index (χ0) is 28.5. The predicted octanol–water partition coefficient (Wildman–Crippen LogP) is 5.80. The van der Waals surface area contributed by atoms with Crippen molar-refractivity contribution in [1.29, 1.82) is 0 Å². The van der Waals surface area contributed by atoms with Crippen LogP contribution >= 0.6 is 0 Å². The van der Waals surface area contributed by atoms with E-state index in [1.54, 1.807) is 27.7 Å². The Balaban J connectivity index is 2.01. The molecule has 1 aliphatic rings. The molecule has 0 radical (unpaired) electrons. The molecule has 13 heteroatoms. The van der Waals surface area contributed by atoms with Gasteiger partial charge in [0.2, 0.25) is 0 Å². The summed E-state index contributed by atoms with van der Waals surface area (Å²) in [6, 6.07) is 9.02. The molecule has 0 saturated heterocycles. The Bertz CT molecular complexity index is 1320. The molecule has 0 fully saturated rings. The molecule has 0 aliphatic carbocycles. The molecule has 0 aromatic heterocycles. The van der Waals surface area contributed by atoms with Gasteiger partial charge in [-0.15, -0.1) is 0 Å². The average molecular weight is 562 g/mol. The molecule has 1 amide bonds. The Morgan fingerprint density at radius 1 is 1.13 bits per heavy atom. The van der Waals surface area contributed by atoms with Crippen LogP contribution in [0, 0.1) is 5.82 Å². The van der Waals surface area contributed by atoms with Crippen molar-refractivity contribution in [3.05, 3.63) is 65.5 Å². The van der Waals surface area contributed by atoms with Crippen molar-refractivity contribution in [2.75, 3.05) is 13.7 Å². The number of hydrogen-bond acceptors (Lipinski definition) is 7. The first-order chi connectivity index (χ1) is 17.5. The molecule has 0 spiro atoms. The quantitative estimate of drug-likeness (QED) is 0.240. The molecule has 0 bridgehead atoms. The van der Waals surface area contributed by atoms with Crippen LogP contribution in [-0.2, 0) is 19.0 Å². The first kappa shape index (κ1) is 29.1. The molecular formula is C25H27F4NO7S. The van der Waals surface area contributed by atoms with E-state index in [0.29, 0.717) is 5.56 Å². The van der Waals surface area contributed by atoms with Gasteiger partial charge in [-0.05, 0) is 57.5 Å². The van der Waals surface area contributed by atoms with E-state index < -0.39 is 51.0 Å². The summed E-state index contributed by atoms with van der Waals surface area (Å²) in [6.07, 6.45) is -0.892. The maximum absolute atomic E-state index is 14.0. The van der Waals surface area contributed by atoms with Crippen LogP contribution in [0.1, 0.15) is 44.9 Å². The molecule has 208 valence electrons. The van der Waals surface area contributed by atoms with E-state index in [0.717, 1.165) is 6.08 Å². The fraction of sp³-hybridized carbons (Fsp3) is 0.400. The number of benzene rings is 2. The highest BCUT2D eigenvalue weighted by Crippen LogP contribution is 2.37. The van der Waals surface area contributed by atoms with Crippen molar-refractivity contribution < 1.29 is 49.2 Å². The fourth-order valence-corrected chi connectivity index (χ4v) is 4.05. The minimum Gasteiger partial charge on any atom is -0.494 e. The lowest BCUT2D eigenvalue weighted by atomic mass is 10.0. The average Bonchev–Trinajstić information content (AvgIpc) is 2.80. The van der Waals surface area contributed by atoms with Gasteiger partial charge in [0, 0.05) is 6.08 Å². The Kier molecular flexibility index (Phi) is 8.20. The van der Waals surface area contributed by atoms with E-state index in [2.05, 4.69) is 4.18 Å². The second-order valence-corrected chi connectivity index (χ2v) is 10.9. The van der Waals surface area contributed by atoms with Crippen molar-refractivity contribution in [2.45, 2.75) is 51.0 Å². The van der Waals surface area contributed by atoms with Crippen LogP contribution in [0.2, 0.25) is 0 Å². The fourth-order valence-electron chi connectivity index (χ4n) is 3.58. The minimum atomic E-state index is -5.98. The van der Waals surface area contributed by atoms with Gasteiger partial charge in [0.15, 0.2) is 17.3 Å². The number of carbonyl (C=O) groups excluding carboxylic acids is 1. The van der Waals surface area contributed by atoms with Gasteiger partial charge in [-0.3, -0.25) is 4.90 Å². The van der Waals surface area contributed by atoms with E-state index in [1.165, 1.54) is 54.5 Å². The van der Waals surface area contributed by atoms with Crippen molar-refractivity contribution in [3.8, 4) is 11.5 Å². The van der Waals surface area contributed by atoms with Gasteiger partial charge in [0.1, 0.15) is 17.5 Å². The van der Waals surface area contributed by atoms with Crippen LogP contribution in [0.4, 0.5) is 22.4 Å². The third-order valence-corrected chi connectivity index (χ3v) is 6.35. The lowest BCUT2D eigenvalue weighted by Gasteiger charge is -2.35. The lowest BCUT2D eigenvalue weighted by molar-refractivity contribution is -0.0510. The monoisotopic (exact) mass is 561 g/mol. The normalized spacial score (nSPS) is 16.4. The van der Waals surface area contributed by atoms with Gasteiger partial charge >= 0.3 is 21.7 Å². The molecule has 3 rings (SSSR count). The van der Waals surface area contributed by atoms with Gasteiger partial charge in [-0.25, -0.2) is 9.18 Å². The third-order valence-electron chi connectivity index (χ3n) is 5.38. The zero-order valence-electron chi connectivity index (χ0n) is 21.2. The van der Waals surface area contributed by atoms with Gasteiger partial charge in [-0.1, -0.05) is 18.2 Å². The number of ether oxygens (including phenoxy) is 3. The van der Waals surface area contributed by atoms with Crippen LogP contribution in [-0.4, -0.2) is 50.3 Å². The zero-order valence-corrected chi connectivity index (χ0v) is 22.0. The van der Waals surface area contributed by atoms with E-state index in [1.807, 2.05) is 0 Å². The number of halogens is 4. The van der Waals surface area contributed by atoms with E-state index in [-0.39, 0.29) is 23.6 Å². The van der Waals surface area contributed by atoms with Crippen molar-refractivity contribution in [1.82, 2.24) is 4.90 Å². The van der Waals surface area contributed by atoms with Crippen LogP contribution in [0.5, 0.6) is 11.5 Å². The standard InChI is InChI=1S/C25H27F4NO7S/c1-15(16-10-11-19(26)22(12-16)34-5)30(23(31)36-24(2,3)4)14-17-13-21(37-38(32,33)25(27,28)29)18-8-6-7-9-20(18)35-17/h6-13,15,17H,14H2,1-5H3/t15-,17-/m1/s1. The highest BCUT2D eigenvalue weighted by Gasteiger charge is 2.49. The molecule has 38 heavy (non-hydrogen) atoms. The third kappa shape index (κ3) is 6.69. The first-order valence-electron chi connectivity index (χ1n) is 11.3. The number of carbonyl (C=O) groups is 1. The Labute approximate surface area is 217 Å². The summed E-state index contributed by atoms with van der Waals surface area (Å²) in [6.45, 7) is 6.28. The molecule has 0 N–H and O–H groups in total. The smallest absolute Gasteiger partial charge is 0.494 e. The number of fused-ring (bicyclic) bond motifs is 1. The maximum atomic E-state index is 14.0. The van der Waals surface area contributed by atoms with E-state index in [4.69, 9.17) is 14.2 Å². The van der Waals surface area contributed by atoms with Gasteiger partial charge in [-0.2, -0.15) is 21.6 Å². The molecular weight excluding hydrogens is 534 g/mol. The largest absolute Gasteiger partial charge is 0.534 e. The second-order valence-electron chi connectivity index (χ2n) is 9.37. The summed E-state index contributed by atoms with van der Waals surface area (Å²) < 4.78 is 97.5. The predicted molar refractivity (Wildman–Crippen MR) is 129 cm³/mol. The minimum absolute atomic E-state index is 0.0169. The summed E-state index contributed by atoms with van der Waals surface area (Å²) in [7, 11) is -4.70. The Morgan fingerprint density at radius 3 is 2.39 bits per heavy atom. The highest BCUT2D eigenvalue weighted by molar-refractivity contribution is 7.87. The molecule has 2 aromatic rings. The molecule has 2 aromatic carbocycles. The summed E-state index contributed by atoms with van der Waals surface area (Å²) in [5, 5.41) is 0. The number of rotatable bonds is 7. The summed E-state index contributed by atoms with van der Waals surface area (Å²) in [4.78, 5) is 14.4. The number of para-hydroxylation sites is 1. The van der Waals surface area contributed by atoms with E-state index >= 15 is 0 Å². The first-order valence-corrected chi connectivity index (χ1v) is 12.7. The number of nitrogens with zero attached hydrogens (tertiary/aromatic N) is 1. The van der Waals surface area contributed by atoms with Crippen LogP contribution in [0.15, 0.2) is 48.5 Å². The van der Waals surface area contributed by atoms with Crippen molar-refractivity contribution >= 4 is 22.0 Å². The van der Waals surface area contributed by atoms with Crippen LogP contribution < -0.4 is 9.47 Å². The number of alkyl halides is 3. The molecule has 1 aliphatic heterocycles. The van der Waals surface area contributed by atoms with Gasteiger partial charge in [0.05, 0.1) is 25.3 Å². The van der Waals surface area contributed by atoms with E-state index in [9.17, 15) is 30.8 Å². The highest BCUT2D eigenvalue weighted by atomic mass is 32.2. The summed E-state index contributed by atoms with van der Waals surface area (Å²) in [5.74, 6) is -1.23. The van der Waals surface area contributed by atoms with Gasteiger partial charge in [0.25, 0.3) is 0 Å². The lowest BCUT2D eigenvalue weighted by Crippen LogP contribution is -2.44. The number of methoxy groups -OCH3 is 1. The van der Waals surface area contributed by atoms with Crippen molar-refractivity contribution in [2.24, 2.45) is 0 Å². The summed E-state index contributed by atoms with van der Waals surface area (Å²) in [5.41, 5.74) is -6.11. The molecule has 2 atom stereocenters. The molecule has 0 saturated carbocycles. The number of amides is 1. The van der Waals surface area contributed by atoms with Gasteiger partial charge < -0.3 is 18.4 Å². The van der Waals surface area contributed by atoms with Crippen molar-refractivity contribution in [3.63, 3.8) is 0 Å². The molecule has 1 heterocycles. The maximum Gasteiger partial charge on any atom is 0.534 e. The topological polar surface area (TPSA) is 91.4 Å². The van der Waals surface area contributed by atoms with Crippen LogP contribution in [0.3, 0.4) is 0 Å². The number of hydrogen-bond donors (Lipinski definition) is 0. The molecule has 8 nitrogen and oxygen atoms in total. The Morgan fingerprint density at radius 2 is 1.79 bits per heavy atom. The SMILES string of the molecule is COc1cc([C@@H](C)N(C[C@H]2C=C(OS(=O)(=O)C(F)(F)F)c3ccccc3O2)C(=O)OC(C)(C)C)ccc1F. The second kappa shape index (κ2) is 10.7. The summed E-state index contributed by atoms with van der Waals surface area (Å²) >= 11 is 0.